The van der Waals surface area contributed by atoms with E-state index in [2.05, 4.69) is 10.4 Å². The van der Waals surface area contributed by atoms with Crippen molar-refractivity contribution in [1.29, 1.82) is 0 Å². The predicted molar refractivity (Wildman–Crippen MR) is 104 cm³/mol. The minimum Gasteiger partial charge on any atom is -0.326 e. The van der Waals surface area contributed by atoms with Crippen LogP contribution in [0.5, 0.6) is 0 Å². The van der Waals surface area contributed by atoms with Gasteiger partial charge in [0.25, 0.3) is 0 Å². The van der Waals surface area contributed by atoms with Crippen molar-refractivity contribution in [2.75, 3.05) is 5.32 Å². The van der Waals surface area contributed by atoms with Crippen molar-refractivity contribution in [2.45, 2.75) is 11.3 Å². The van der Waals surface area contributed by atoms with Crippen LogP contribution in [0, 0.1) is 0 Å². The van der Waals surface area contributed by atoms with Crippen LogP contribution in [-0.4, -0.2) is 24.1 Å². The molecule has 1 amide bonds. The van der Waals surface area contributed by atoms with E-state index in [9.17, 15) is 13.2 Å². The highest BCUT2D eigenvalue weighted by molar-refractivity contribution is 7.89. The number of nitrogens with two attached hydrogens (primary N) is 1. The largest absolute Gasteiger partial charge is 0.326 e. The van der Waals surface area contributed by atoms with Crippen molar-refractivity contribution in [2.24, 2.45) is 12.2 Å². The number of hydrogen-bond acceptors (Lipinski definition) is 4. The van der Waals surface area contributed by atoms with Gasteiger partial charge in [-0.3, -0.25) is 9.48 Å². The van der Waals surface area contributed by atoms with Crippen LogP contribution in [0.1, 0.15) is 5.56 Å². The van der Waals surface area contributed by atoms with Crippen LogP contribution in [0.15, 0.2) is 59.8 Å². The third-order valence-corrected chi connectivity index (χ3v) is 5.13. The molecular weight excluding hydrogens is 388 g/mol. The van der Waals surface area contributed by atoms with Crippen LogP contribution in [-0.2, 0) is 28.3 Å². The van der Waals surface area contributed by atoms with Crippen LogP contribution < -0.4 is 10.5 Å². The third kappa shape index (κ3) is 4.73. The smallest absolute Gasteiger partial charge is 0.238 e. The number of halogens is 1. The third-order valence-electron chi connectivity index (χ3n) is 3.87. The van der Waals surface area contributed by atoms with Crippen LogP contribution in [0.3, 0.4) is 0 Å². The molecule has 0 atom stereocenters. The summed E-state index contributed by atoms with van der Waals surface area (Å²) in [5, 5.41) is 12.5. The maximum absolute atomic E-state index is 12.4. The van der Waals surface area contributed by atoms with E-state index in [4.69, 9.17) is 16.7 Å². The van der Waals surface area contributed by atoms with E-state index < -0.39 is 10.0 Å². The lowest BCUT2D eigenvalue weighted by atomic mass is 10.1. The van der Waals surface area contributed by atoms with Gasteiger partial charge >= 0.3 is 0 Å². The van der Waals surface area contributed by atoms with Gasteiger partial charge in [-0.15, -0.1) is 0 Å². The second-order valence-electron chi connectivity index (χ2n) is 6.01. The molecule has 0 spiro atoms. The molecule has 0 bridgehead atoms. The Morgan fingerprint density at radius 2 is 1.96 bits per heavy atom. The van der Waals surface area contributed by atoms with E-state index in [1.54, 1.807) is 54.5 Å². The van der Waals surface area contributed by atoms with Gasteiger partial charge in [0.05, 0.1) is 17.5 Å². The van der Waals surface area contributed by atoms with Crippen molar-refractivity contribution in [3.8, 4) is 11.1 Å². The van der Waals surface area contributed by atoms with Gasteiger partial charge in [0.15, 0.2) is 0 Å². The maximum atomic E-state index is 12.4. The molecule has 1 aromatic heterocycles. The summed E-state index contributed by atoms with van der Waals surface area (Å²) < 4.78 is 25.2. The van der Waals surface area contributed by atoms with Crippen LogP contribution in [0.25, 0.3) is 11.1 Å². The fraction of sp³-hybridized carbons (Fsp3) is 0.111. The molecule has 0 radical (unpaired) electrons. The van der Waals surface area contributed by atoms with Gasteiger partial charge in [0.2, 0.25) is 15.9 Å². The average Bonchev–Trinajstić information content (AvgIpc) is 3.02. The second-order valence-corrected chi connectivity index (χ2v) is 7.98. The van der Waals surface area contributed by atoms with Crippen molar-refractivity contribution < 1.29 is 13.2 Å². The predicted octanol–water partition coefficient (Wildman–Crippen LogP) is 2.57. The number of amides is 1. The zero-order chi connectivity index (χ0) is 19.6. The number of carbonyl (C=O) groups is 1. The summed E-state index contributed by atoms with van der Waals surface area (Å²) in [7, 11) is -2.20. The molecule has 0 aliphatic carbocycles. The lowest BCUT2D eigenvalue weighted by Gasteiger charge is -2.10. The summed E-state index contributed by atoms with van der Waals surface area (Å²) in [6.45, 7) is 0. The lowest BCUT2D eigenvalue weighted by molar-refractivity contribution is -0.115. The maximum Gasteiger partial charge on any atom is 0.238 e. The lowest BCUT2D eigenvalue weighted by Crippen LogP contribution is -2.16. The second kappa shape index (κ2) is 7.51. The van der Waals surface area contributed by atoms with E-state index >= 15 is 0 Å². The van der Waals surface area contributed by atoms with Gasteiger partial charge in [-0.1, -0.05) is 29.8 Å². The molecule has 3 rings (SSSR count). The number of aromatic nitrogens is 2. The van der Waals surface area contributed by atoms with Crippen molar-refractivity contribution in [3.05, 3.63) is 65.4 Å². The molecule has 1 heterocycles. The van der Waals surface area contributed by atoms with E-state index in [1.807, 2.05) is 0 Å². The van der Waals surface area contributed by atoms with Crippen LogP contribution in [0.2, 0.25) is 5.02 Å². The number of primary sulfonamides is 1. The van der Waals surface area contributed by atoms with Gasteiger partial charge < -0.3 is 5.32 Å². The highest BCUT2D eigenvalue weighted by atomic mass is 35.5. The monoisotopic (exact) mass is 404 g/mol. The standard InChI is InChI=1S/C18H17ClN4O3S/c1-23-11-14(10-21-23)13-6-15(9-16(7-13)27(20,25)26)22-18(24)8-12-4-2-3-5-17(12)19/h2-7,9-11H,8H2,1H3,(H,22,24)(H2,20,25,26). The van der Waals surface area contributed by atoms with Gasteiger partial charge in [-0.25, -0.2) is 13.6 Å². The molecule has 0 saturated carbocycles. The van der Waals surface area contributed by atoms with E-state index in [0.717, 1.165) is 0 Å². The fourth-order valence-corrected chi connectivity index (χ4v) is 3.38. The van der Waals surface area contributed by atoms with E-state index in [1.165, 1.54) is 12.1 Å². The molecule has 0 unspecified atom stereocenters. The SMILES string of the molecule is Cn1cc(-c2cc(NC(=O)Cc3ccccc3Cl)cc(S(N)(=O)=O)c2)cn1. The number of carbonyl (C=O) groups excluding carboxylic acids is 1. The summed E-state index contributed by atoms with van der Waals surface area (Å²) in [6.07, 6.45) is 3.39. The van der Waals surface area contributed by atoms with Gasteiger partial charge in [-0.05, 0) is 35.4 Å². The molecule has 0 saturated heterocycles. The Hall–Kier alpha value is -2.68. The molecule has 7 nitrogen and oxygen atoms in total. The number of benzene rings is 2. The number of aryl methyl sites for hydroxylation is 1. The molecule has 140 valence electrons. The first-order valence-corrected chi connectivity index (χ1v) is 9.85. The minimum absolute atomic E-state index is 0.0570. The Morgan fingerprint density at radius 1 is 1.22 bits per heavy atom. The minimum atomic E-state index is -3.95. The Kier molecular flexibility index (Phi) is 5.31. The zero-order valence-corrected chi connectivity index (χ0v) is 16.0. The Labute approximate surface area is 161 Å². The number of nitrogens with one attached hydrogen (secondary N) is 1. The summed E-state index contributed by atoms with van der Waals surface area (Å²) in [5.74, 6) is -0.327. The van der Waals surface area contributed by atoms with E-state index in [0.29, 0.717) is 27.4 Å². The highest BCUT2D eigenvalue weighted by Gasteiger charge is 2.14. The normalized spacial score (nSPS) is 11.4. The van der Waals surface area contributed by atoms with Crippen molar-refractivity contribution in [3.63, 3.8) is 0 Å². The fourth-order valence-electron chi connectivity index (χ4n) is 2.59. The molecule has 2 aromatic carbocycles. The first kappa shape index (κ1) is 19.1. The Balaban J connectivity index is 1.92. The molecule has 0 aliphatic rings. The van der Waals surface area contributed by atoms with Gasteiger partial charge in [0.1, 0.15) is 0 Å². The van der Waals surface area contributed by atoms with Crippen molar-refractivity contribution >= 4 is 33.2 Å². The summed E-state index contributed by atoms with van der Waals surface area (Å²) in [4.78, 5) is 12.3. The number of anilines is 1. The summed E-state index contributed by atoms with van der Waals surface area (Å²) in [5.41, 5.74) is 2.26. The summed E-state index contributed by atoms with van der Waals surface area (Å²) >= 11 is 6.08. The van der Waals surface area contributed by atoms with Crippen LogP contribution >= 0.6 is 11.6 Å². The molecular formula is C18H17ClN4O3S. The number of hydrogen-bond donors (Lipinski definition) is 2. The molecule has 3 N–H and O–H groups in total. The quantitative estimate of drug-likeness (QED) is 0.681. The molecule has 27 heavy (non-hydrogen) atoms. The first-order valence-electron chi connectivity index (χ1n) is 7.92. The molecule has 0 aliphatic heterocycles. The van der Waals surface area contributed by atoms with E-state index in [-0.39, 0.29) is 17.2 Å². The number of sulfonamides is 1. The topological polar surface area (TPSA) is 107 Å². The Bertz CT molecular complexity index is 1110. The molecule has 9 heteroatoms. The average molecular weight is 405 g/mol. The number of nitrogens with zero attached hydrogens (tertiary/aromatic N) is 2. The first-order chi connectivity index (χ1) is 12.7. The summed E-state index contributed by atoms with van der Waals surface area (Å²) in [6, 6.07) is 11.4. The molecule has 3 aromatic rings. The van der Waals surface area contributed by atoms with Crippen LogP contribution in [0.4, 0.5) is 5.69 Å². The number of rotatable bonds is 5. The molecule has 0 fully saturated rings. The highest BCUT2D eigenvalue weighted by Crippen LogP contribution is 2.26. The zero-order valence-electron chi connectivity index (χ0n) is 14.4. The van der Waals surface area contributed by atoms with Crippen molar-refractivity contribution in [1.82, 2.24) is 9.78 Å². The Morgan fingerprint density at radius 3 is 2.59 bits per heavy atom. The van der Waals surface area contributed by atoms with Gasteiger partial charge in [0, 0.05) is 29.5 Å². The van der Waals surface area contributed by atoms with Gasteiger partial charge in [-0.2, -0.15) is 5.10 Å².